The van der Waals surface area contributed by atoms with E-state index in [1.165, 1.54) is 4.90 Å². The Bertz CT molecular complexity index is 330. The van der Waals surface area contributed by atoms with Gasteiger partial charge in [0, 0.05) is 11.8 Å². The van der Waals surface area contributed by atoms with Crippen molar-refractivity contribution in [2.45, 2.75) is 26.3 Å². The summed E-state index contributed by atoms with van der Waals surface area (Å²) in [5, 5.41) is 8.82. The van der Waals surface area contributed by atoms with Gasteiger partial charge < -0.3 is 10.0 Å². The smallest absolute Gasteiger partial charge is 0.352 e. The molecule has 0 aromatic carbocycles. The van der Waals surface area contributed by atoms with E-state index in [1.54, 1.807) is 6.08 Å². The van der Waals surface area contributed by atoms with Crippen LogP contribution in [0.1, 0.15) is 20.3 Å². The highest BCUT2D eigenvalue weighted by Gasteiger charge is 2.52. The van der Waals surface area contributed by atoms with E-state index in [1.807, 2.05) is 13.8 Å². The minimum absolute atomic E-state index is 0.0612. The molecule has 2 heterocycles. The highest BCUT2D eigenvalue weighted by Crippen LogP contribution is 2.45. The summed E-state index contributed by atoms with van der Waals surface area (Å²) < 4.78 is 0. The minimum Gasteiger partial charge on any atom is -0.477 e. The van der Waals surface area contributed by atoms with Gasteiger partial charge in [-0.15, -0.1) is 0 Å². The highest BCUT2D eigenvalue weighted by atomic mass is 16.4. The van der Waals surface area contributed by atoms with Gasteiger partial charge in [-0.25, -0.2) is 4.79 Å². The van der Waals surface area contributed by atoms with Crippen molar-refractivity contribution < 1.29 is 14.7 Å². The summed E-state index contributed by atoms with van der Waals surface area (Å²) in [5.74, 6) is -1.09. The van der Waals surface area contributed by atoms with Crippen LogP contribution >= 0.6 is 0 Å². The van der Waals surface area contributed by atoms with Crippen LogP contribution in [0.25, 0.3) is 0 Å². The van der Waals surface area contributed by atoms with Crippen LogP contribution in [-0.2, 0) is 9.59 Å². The van der Waals surface area contributed by atoms with Crippen LogP contribution in [0.15, 0.2) is 11.8 Å². The predicted molar refractivity (Wildman–Crippen MR) is 44.8 cm³/mol. The molecule has 1 atom stereocenters. The van der Waals surface area contributed by atoms with E-state index >= 15 is 0 Å². The number of carbonyl (C=O) groups is 2. The Balaban J connectivity index is 2.38. The Morgan fingerprint density at radius 2 is 2.31 bits per heavy atom. The van der Waals surface area contributed by atoms with E-state index in [4.69, 9.17) is 5.11 Å². The fourth-order valence-electron chi connectivity index (χ4n) is 2.00. The van der Waals surface area contributed by atoms with Crippen molar-refractivity contribution in [3.8, 4) is 0 Å². The van der Waals surface area contributed by atoms with Gasteiger partial charge in [-0.1, -0.05) is 13.8 Å². The van der Waals surface area contributed by atoms with Gasteiger partial charge in [0.2, 0.25) is 5.91 Å². The molecule has 1 saturated heterocycles. The lowest BCUT2D eigenvalue weighted by molar-refractivity contribution is -0.149. The number of carboxylic acids is 1. The first kappa shape index (κ1) is 8.29. The molecular weight excluding hydrogens is 170 g/mol. The average molecular weight is 181 g/mol. The molecule has 0 bridgehead atoms. The number of nitrogens with zero attached hydrogens (tertiary/aromatic N) is 1. The first-order valence-electron chi connectivity index (χ1n) is 4.22. The van der Waals surface area contributed by atoms with Crippen LogP contribution in [-0.4, -0.2) is 27.9 Å². The topological polar surface area (TPSA) is 57.6 Å². The van der Waals surface area contributed by atoms with Crippen LogP contribution in [0.2, 0.25) is 0 Å². The van der Waals surface area contributed by atoms with Crippen molar-refractivity contribution in [1.82, 2.24) is 4.90 Å². The number of hydrogen-bond donors (Lipinski definition) is 1. The Morgan fingerprint density at radius 3 is 2.69 bits per heavy atom. The molecule has 2 aliphatic heterocycles. The van der Waals surface area contributed by atoms with E-state index in [-0.39, 0.29) is 23.1 Å². The molecule has 0 aliphatic carbocycles. The van der Waals surface area contributed by atoms with Crippen molar-refractivity contribution in [1.29, 1.82) is 0 Å². The van der Waals surface area contributed by atoms with E-state index in [0.29, 0.717) is 6.42 Å². The molecule has 0 spiro atoms. The minimum atomic E-state index is -1.01. The third-order valence-electron chi connectivity index (χ3n) is 2.79. The third-order valence-corrected chi connectivity index (χ3v) is 2.79. The number of carboxylic acid groups (broad SMARTS) is 1. The summed E-state index contributed by atoms with van der Waals surface area (Å²) in [4.78, 5) is 23.3. The quantitative estimate of drug-likeness (QED) is 0.602. The number of amides is 1. The van der Waals surface area contributed by atoms with Gasteiger partial charge in [0.25, 0.3) is 0 Å². The molecule has 1 amide bonds. The summed E-state index contributed by atoms with van der Waals surface area (Å²) in [7, 11) is 0. The molecule has 0 saturated carbocycles. The second kappa shape index (κ2) is 2.13. The molecule has 4 heteroatoms. The van der Waals surface area contributed by atoms with Crippen LogP contribution in [0.5, 0.6) is 0 Å². The predicted octanol–water partition coefficient (Wildman–Crippen LogP) is 0.596. The Morgan fingerprint density at radius 1 is 1.69 bits per heavy atom. The zero-order chi connectivity index (χ0) is 9.80. The zero-order valence-electron chi connectivity index (χ0n) is 7.57. The lowest BCUT2D eigenvalue weighted by Gasteiger charge is -2.41. The van der Waals surface area contributed by atoms with Gasteiger partial charge in [-0.2, -0.15) is 0 Å². The standard InChI is InChI=1S/C9H11NO3/c1-9(2)4-5(8(12)13)10-6(9)3-7(10)11/h4,6H,3H2,1-2H3,(H,12,13)/t6-/m0/s1. The van der Waals surface area contributed by atoms with Gasteiger partial charge in [-0.05, 0) is 6.08 Å². The molecule has 0 radical (unpaired) electrons. The van der Waals surface area contributed by atoms with E-state index < -0.39 is 5.97 Å². The normalized spacial score (nSPS) is 29.4. The summed E-state index contributed by atoms with van der Waals surface area (Å²) in [6.45, 7) is 3.90. The Hall–Kier alpha value is -1.32. The highest BCUT2D eigenvalue weighted by molar-refractivity contribution is 5.97. The van der Waals surface area contributed by atoms with E-state index in [9.17, 15) is 9.59 Å². The maximum atomic E-state index is 11.1. The van der Waals surface area contributed by atoms with Crippen LogP contribution in [0.3, 0.4) is 0 Å². The van der Waals surface area contributed by atoms with Crippen molar-refractivity contribution in [3.05, 3.63) is 11.8 Å². The van der Waals surface area contributed by atoms with Crippen molar-refractivity contribution in [2.24, 2.45) is 5.41 Å². The average Bonchev–Trinajstić information content (AvgIpc) is 2.18. The van der Waals surface area contributed by atoms with Crippen molar-refractivity contribution >= 4 is 11.9 Å². The van der Waals surface area contributed by atoms with E-state index in [0.717, 1.165) is 0 Å². The Labute approximate surface area is 75.8 Å². The zero-order valence-corrected chi connectivity index (χ0v) is 7.57. The molecule has 13 heavy (non-hydrogen) atoms. The summed E-state index contributed by atoms with van der Waals surface area (Å²) >= 11 is 0. The molecule has 0 aromatic rings. The maximum Gasteiger partial charge on any atom is 0.352 e. The first-order valence-corrected chi connectivity index (χ1v) is 4.22. The SMILES string of the molecule is CC1(C)C=C(C(=O)O)N2C(=O)C[C@H]21. The van der Waals surface area contributed by atoms with Crippen LogP contribution < -0.4 is 0 Å². The summed E-state index contributed by atoms with van der Waals surface area (Å²) in [5.41, 5.74) is -0.0481. The number of rotatable bonds is 1. The lowest BCUT2D eigenvalue weighted by Crippen LogP contribution is -2.54. The molecule has 0 unspecified atom stereocenters. The number of β-lactam (4-membered cyclic amide) rings is 1. The van der Waals surface area contributed by atoms with Gasteiger partial charge in [-0.3, -0.25) is 4.79 Å². The molecular formula is C9H11NO3. The van der Waals surface area contributed by atoms with Crippen LogP contribution in [0.4, 0.5) is 0 Å². The van der Waals surface area contributed by atoms with E-state index in [2.05, 4.69) is 0 Å². The van der Waals surface area contributed by atoms with Gasteiger partial charge in [0.1, 0.15) is 5.70 Å². The monoisotopic (exact) mass is 181 g/mol. The second-order valence-corrected chi connectivity index (χ2v) is 4.14. The van der Waals surface area contributed by atoms with Gasteiger partial charge in [0.15, 0.2) is 0 Å². The Kier molecular flexibility index (Phi) is 1.36. The second-order valence-electron chi connectivity index (χ2n) is 4.14. The molecule has 1 N–H and O–H groups in total. The first-order chi connectivity index (χ1) is 5.93. The van der Waals surface area contributed by atoms with Crippen LogP contribution in [0, 0.1) is 5.41 Å². The fraction of sp³-hybridized carbons (Fsp3) is 0.556. The maximum absolute atomic E-state index is 11.1. The molecule has 4 nitrogen and oxygen atoms in total. The number of aliphatic carboxylic acids is 1. The van der Waals surface area contributed by atoms with Crippen molar-refractivity contribution in [2.75, 3.05) is 0 Å². The molecule has 70 valence electrons. The molecule has 2 rings (SSSR count). The largest absolute Gasteiger partial charge is 0.477 e. The number of fused-ring (bicyclic) bond motifs is 1. The van der Waals surface area contributed by atoms with Gasteiger partial charge in [0.05, 0.1) is 6.04 Å². The molecule has 1 fully saturated rings. The van der Waals surface area contributed by atoms with Crippen molar-refractivity contribution in [3.63, 3.8) is 0 Å². The summed E-state index contributed by atoms with van der Waals surface area (Å²) in [6.07, 6.45) is 2.14. The molecule has 2 aliphatic rings. The third kappa shape index (κ3) is 0.913. The number of hydrogen-bond acceptors (Lipinski definition) is 2. The lowest BCUT2D eigenvalue weighted by atomic mass is 9.81. The number of carbonyl (C=O) groups excluding carboxylic acids is 1. The fourth-order valence-corrected chi connectivity index (χ4v) is 2.00. The summed E-state index contributed by atoms with van der Waals surface area (Å²) in [6, 6.07) is 0.0612. The molecule has 0 aromatic heterocycles. The van der Waals surface area contributed by atoms with Gasteiger partial charge >= 0.3 is 5.97 Å².